The van der Waals surface area contributed by atoms with E-state index in [1.165, 1.54) is 0 Å². The maximum atomic E-state index is 8.53. The van der Waals surface area contributed by atoms with E-state index in [-0.39, 0.29) is 11.3 Å². The van der Waals surface area contributed by atoms with Crippen LogP contribution < -0.4 is 0 Å². The lowest BCUT2D eigenvalue weighted by molar-refractivity contribution is -0.0458. The summed E-state index contributed by atoms with van der Waals surface area (Å²) in [6.07, 6.45) is 2.23. The Labute approximate surface area is 74.5 Å². The van der Waals surface area contributed by atoms with Crippen molar-refractivity contribution < 1.29 is 4.74 Å². The molecule has 12 heavy (non-hydrogen) atoms. The van der Waals surface area contributed by atoms with Crippen molar-refractivity contribution in [2.45, 2.75) is 39.7 Å². The molecule has 1 saturated carbocycles. The molecule has 0 aromatic carbocycles. The van der Waals surface area contributed by atoms with E-state index in [1.807, 2.05) is 0 Å². The summed E-state index contributed by atoms with van der Waals surface area (Å²) in [5.74, 6) is 0.259. The number of nitriles is 1. The highest BCUT2D eigenvalue weighted by molar-refractivity contribution is 4.94. The lowest BCUT2D eigenvalue weighted by Crippen LogP contribution is -2.33. The maximum absolute atomic E-state index is 8.53. The first-order chi connectivity index (χ1) is 5.51. The Morgan fingerprint density at radius 1 is 1.42 bits per heavy atom. The summed E-state index contributed by atoms with van der Waals surface area (Å²) in [5.41, 5.74) is 0.248. The van der Waals surface area contributed by atoms with E-state index in [1.54, 1.807) is 0 Å². The molecule has 0 atom stereocenters. The average Bonchev–Trinajstić information content (AvgIpc) is 1.82. The van der Waals surface area contributed by atoms with Gasteiger partial charge in [0.25, 0.3) is 0 Å². The van der Waals surface area contributed by atoms with Gasteiger partial charge in [-0.3, -0.25) is 0 Å². The Hall–Kier alpha value is -0.550. The Balaban J connectivity index is 2.09. The molecule has 0 amide bonds. The molecule has 2 heteroatoms. The molecule has 0 bridgehead atoms. The predicted octanol–water partition coefficient (Wildman–Crippen LogP) is 2.35. The normalized spacial score (nSPS) is 29.2. The van der Waals surface area contributed by atoms with E-state index in [9.17, 15) is 0 Å². The van der Waals surface area contributed by atoms with Crippen LogP contribution in [0.2, 0.25) is 0 Å². The highest BCUT2D eigenvalue weighted by Crippen LogP contribution is 2.30. The largest absolute Gasteiger partial charge is 0.378 e. The van der Waals surface area contributed by atoms with Crippen molar-refractivity contribution in [1.82, 2.24) is 0 Å². The zero-order valence-corrected chi connectivity index (χ0v) is 8.13. The minimum Gasteiger partial charge on any atom is -0.378 e. The molecule has 0 unspecified atom stereocenters. The Bertz CT molecular complexity index is 181. The van der Waals surface area contributed by atoms with E-state index < -0.39 is 0 Å². The van der Waals surface area contributed by atoms with Crippen molar-refractivity contribution >= 4 is 0 Å². The predicted molar refractivity (Wildman–Crippen MR) is 47.5 cm³/mol. The zero-order chi connectivity index (χ0) is 9.19. The first-order valence-corrected chi connectivity index (χ1v) is 4.52. The number of rotatable bonds is 2. The Kier molecular flexibility index (Phi) is 2.74. The fraction of sp³-hybridized carbons (Fsp3) is 0.900. The van der Waals surface area contributed by atoms with Crippen molar-refractivity contribution in [3.63, 3.8) is 0 Å². The molecule has 0 N–H and O–H groups in total. The fourth-order valence-electron chi connectivity index (χ4n) is 1.17. The third kappa shape index (κ3) is 2.83. The second-order valence-corrected chi connectivity index (χ2v) is 4.79. The standard InChI is InChI=1S/C10H17NO/c1-10(2,3)7-12-9-4-8(5-9)6-11/h8-9H,4-5,7H2,1-3H3. The molecule has 0 aliphatic heterocycles. The van der Waals surface area contributed by atoms with E-state index in [0.29, 0.717) is 6.10 Å². The third-order valence-electron chi connectivity index (χ3n) is 2.03. The third-order valence-corrected chi connectivity index (χ3v) is 2.03. The molecule has 1 aliphatic rings. The second kappa shape index (κ2) is 3.45. The van der Waals surface area contributed by atoms with Crippen LogP contribution in [0.1, 0.15) is 33.6 Å². The summed E-state index contributed by atoms with van der Waals surface area (Å²) in [6.45, 7) is 7.28. The molecule has 1 rings (SSSR count). The Morgan fingerprint density at radius 3 is 2.42 bits per heavy atom. The molecular formula is C10H17NO. The van der Waals surface area contributed by atoms with Gasteiger partial charge in [0.15, 0.2) is 0 Å². The van der Waals surface area contributed by atoms with Gasteiger partial charge in [-0.05, 0) is 18.3 Å². The molecule has 0 aromatic rings. The van der Waals surface area contributed by atoms with Gasteiger partial charge in [-0.25, -0.2) is 0 Å². The van der Waals surface area contributed by atoms with E-state index in [0.717, 1.165) is 19.4 Å². The minimum atomic E-state index is 0.248. The van der Waals surface area contributed by atoms with Crippen LogP contribution in [-0.2, 0) is 4.74 Å². The molecule has 2 nitrogen and oxygen atoms in total. The SMILES string of the molecule is CC(C)(C)COC1CC(C#N)C1. The quantitative estimate of drug-likeness (QED) is 0.632. The average molecular weight is 167 g/mol. The summed E-state index contributed by atoms with van der Waals surface area (Å²) >= 11 is 0. The van der Waals surface area contributed by atoms with Gasteiger partial charge in [0.1, 0.15) is 0 Å². The van der Waals surface area contributed by atoms with Crippen LogP contribution in [0, 0.1) is 22.7 Å². The van der Waals surface area contributed by atoms with E-state index in [4.69, 9.17) is 10.00 Å². The molecule has 0 heterocycles. The highest BCUT2D eigenvalue weighted by atomic mass is 16.5. The van der Waals surface area contributed by atoms with Crippen LogP contribution in [0.4, 0.5) is 0 Å². The minimum absolute atomic E-state index is 0.248. The van der Waals surface area contributed by atoms with Crippen molar-refractivity contribution in [3.8, 4) is 6.07 Å². The van der Waals surface area contributed by atoms with E-state index >= 15 is 0 Å². The number of hydrogen-bond acceptors (Lipinski definition) is 2. The Morgan fingerprint density at radius 2 is 2.00 bits per heavy atom. The monoisotopic (exact) mass is 167 g/mol. The van der Waals surface area contributed by atoms with Crippen LogP contribution >= 0.6 is 0 Å². The van der Waals surface area contributed by atoms with Crippen molar-refractivity contribution in [2.24, 2.45) is 11.3 Å². The van der Waals surface area contributed by atoms with Gasteiger partial charge in [0.2, 0.25) is 0 Å². The van der Waals surface area contributed by atoms with E-state index in [2.05, 4.69) is 26.8 Å². The van der Waals surface area contributed by atoms with Crippen LogP contribution in [0.25, 0.3) is 0 Å². The lowest BCUT2D eigenvalue weighted by Gasteiger charge is -2.32. The summed E-state index contributed by atoms with van der Waals surface area (Å²) < 4.78 is 5.62. The fourth-order valence-corrected chi connectivity index (χ4v) is 1.17. The summed E-state index contributed by atoms with van der Waals surface area (Å²) in [7, 11) is 0. The van der Waals surface area contributed by atoms with Crippen molar-refractivity contribution in [2.75, 3.05) is 6.61 Å². The molecule has 1 aliphatic carbocycles. The van der Waals surface area contributed by atoms with Crippen LogP contribution in [0.3, 0.4) is 0 Å². The molecule has 0 radical (unpaired) electrons. The topological polar surface area (TPSA) is 33.0 Å². The highest BCUT2D eigenvalue weighted by Gasteiger charge is 2.30. The maximum Gasteiger partial charge on any atom is 0.0657 e. The van der Waals surface area contributed by atoms with Crippen LogP contribution in [-0.4, -0.2) is 12.7 Å². The van der Waals surface area contributed by atoms with Crippen molar-refractivity contribution in [3.05, 3.63) is 0 Å². The molecule has 0 spiro atoms. The van der Waals surface area contributed by atoms with Gasteiger partial charge in [0.05, 0.1) is 24.7 Å². The zero-order valence-electron chi connectivity index (χ0n) is 8.13. The van der Waals surface area contributed by atoms with Crippen LogP contribution in [0.15, 0.2) is 0 Å². The second-order valence-electron chi connectivity index (χ2n) is 4.79. The smallest absolute Gasteiger partial charge is 0.0657 e. The van der Waals surface area contributed by atoms with Gasteiger partial charge in [-0.15, -0.1) is 0 Å². The van der Waals surface area contributed by atoms with Gasteiger partial charge in [0, 0.05) is 0 Å². The first kappa shape index (κ1) is 9.54. The van der Waals surface area contributed by atoms with Crippen LogP contribution in [0.5, 0.6) is 0 Å². The molecule has 68 valence electrons. The number of nitrogens with zero attached hydrogens (tertiary/aromatic N) is 1. The van der Waals surface area contributed by atoms with Gasteiger partial charge in [-0.1, -0.05) is 20.8 Å². The first-order valence-electron chi connectivity index (χ1n) is 4.52. The molecular weight excluding hydrogens is 150 g/mol. The van der Waals surface area contributed by atoms with Crippen molar-refractivity contribution in [1.29, 1.82) is 5.26 Å². The van der Waals surface area contributed by atoms with Gasteiger partial charge >= 0.3 is 0 Å². The molecule has 0 saturated heterocycles. The number of hydrogen-bond donors (Lipinski definition) is 0. The van der Waals surface area contributed by atoms with Gasteiger partial charge in [-0.2, -0.15) is 5.26 Å². The summed E-state index contributed by atoms with van der Waals surface area (Å²) in [4.78, 5) is 0. The molecule has 0 aromatic heterocycles. The summed E-state index contributed by atoms with van der Waals surface area (Å²) in [5, 5.41) is 8.53. The lowest BCUT2D eigenvalue weighted by atomic mass is 9.83. The molecule has 1 fully saturated rings. The van der Waals surface area contributed by atoms with Gasteiger partial charge < -0.3 is 4.74 Å². The summed E-state index contributed by atoms with van der Waals surface area (Å²) in [6, 6.07) is 2.25. The number of ether oxygens (including phenoxy) is 1.